The quantitative estimate of drug-likeness (QED) is 0.326. The average Bonchev–Trinajstić information content (AvgIpc) is 3.65. The van der Waals surface area contributed by atoms with Gasteiger partial charge in [-0.3, -0.25) is 4.90 Å². The molecule has 7 rings (SSSR count). The summed E-state index contributed by atoms with van der Waals surface area (Å²) >= 11 is 0.883. The first-order valence-corrected chi connectivity index (χ1v) is 14.6. The van der Waals surface area contributed by atoms with E-state index in [9.17, 15) is 9.50 Å². The van der Waals surface area contributed by atoms with E-state index in [1.54, 1.807) is 6.92 Å². The Labute approximate surface area is 237 Å². The van der Waals surface area contributed by atoms with Crippen LogP contribution in [0.15, 0.2) is 6.07 Å². The minimum absolute atomic E-state index is 0.000105. The first kappa shape index (κ1) is 26.6. The minimum Gasteiger partial charge on any atom is -0.464 e. The predicted molar refractivity (Wildman–Crippen MR) is 150 cm³/mol. The van der Waals surface area contributed by atoms with Crippen molar-refractivity contribution in [3.8, 4) is 17.1 Å². The normalized spacial score (nSPS) is 20.5. The van der Waals surface area contributed by atoms with Gasteiger partial charge in [-0.15, -0.1) is 0 Å². The summed E-state index contributed by atoms with van der Waals surface area (Å²) in [5, 5.41) is 9.90. The highest BCUT2D eigenvalue weighted by Crippen LogP contribution is 2.47. The Kier molecular flexibility index (Phi) is 6.64. The lowest BCUT2D eigenvalue weighted by Gasteiger charge is -2.42. The number of likely N-dealkylation sites (tertiary alicyclic amines) is 1. The molecule has 2 saturated heterocycles. The number of benzene rings is 2. The second-order valence-corrected chi connectivity index (χ2v) is 11.7. The highest BCUT2D eigenvalue weighted by Gasteiger charge is 2.43. The van der Waals surface area contributed by atoms with Crippen LogP contribution in [0, 0.1) is 17.5 Å². The van der Waals surface area contributed by atoms with Crippen LogP contribution in [0.5, 0.6) is 6.01 Å². The Hall–Kier alpha value is -3.26. The standard InChI is InChI=1S/C28H29F3N6O3S/c1-2-40-28-34-23-20(26(35-28)37-13-4-5-14(37)10-36(9-13)6-3-7-38)16-12-39-11-15(16)19(22(23)31)21-17(29)8-18(30)25-24(21)33-27(32)41-25/h8,13-14,38H,2-7,9-12H2,1H3,(H2,32,33). The van der Waals surface area contributed by atoms with Crippen molar-refractivity contribution in [1.29, 1.82) is 0 Å². The molecule has 2 fully saturated rings. The number of thiazole rings is 1. The van der Waals surface area contributed by atoms with Crippen LogP contribution in [0.25, 0.3) is 32.2 Å². The summed E-state index contributed by atoms with van der Waals surface area (Å²) < 4.78 is 58.6. The topological polar surface area (TPSA) is 110 Å². The zero-order valence-corrected chi connectivity index (χ0v) is 23.2. The van der Waals surface area contributed by atoms with Crippen LogP contribution in [-0.4, -0.2) is 69.9 Å². The van der Waals surface area contributed by atoms with Gasteiger partial charge in [-0.05, 0) is 37.3 Å². The number of aliphatic hydroxyl groups excluding tert-OH is 1. The fraction of sp³-hybridized carbons (Fsp3) is 0.464. The van der Waals surface area contributed by atoms with Crippen LogP contribution in [-0.2, 0) is 18.0 Å². The maximum atomic E-state index is 16.8. The molecule has 216 valence electrons. The van der Waals surface area contributed by atoms with E-state index in [0.29, 0.717) is 28.8 Å². The Morgan fingerprint density at radius 2 is 1.80 bits per heavy atom. The minimum atomic E-state index is -0.941. The molecule has 0 aliphatic carbocycles. The van der Waals surface area contributed by atoms with Crippen molar-refractivity contribution in [3.05, 3.63) is 34.6 Å². The number of aliphatic hydroxyl groups is 1. The molecular formula is C28H29F3N6O3S. The van der Waals surface area contributed by atoms with Gasteiger partial charge in [-0.25, -0.2) is 18.2 Å². The van der Waals surface area contributed by atoms with Gasteiger partial charge in [0.05, 0.1) is 35.4 Å². The van der Waals surface area contributed by atoms with Crippen LogP contribution in [0.4, 0.5) is 24.1 Å². The van der Waals surface area contributed by atoms with Crippen LogP contribution in [0.2, 0.25) is 0 Å². The van der Waals surface area contributed by atoms with Gasteiger partial charge in [-0.2, -0.15) is 9.97 Å². The number of hydrogen-bond donors (Lipinski definition) is 2. The highest BCUT2D eigenvalue weighted by atomic mass is 32.1. The van der Waals surface area contributed by atoms with Crippen molar-refractivity contribution in [3.63, 3.8) is 0 Å². The molecule has 0 amide bonds. The van der Waals surface area contributed by atoms with E-state index in [4.69, 9.17) is 20.2 Å². The molecule has 0 radical (unpaired) electrons. The Morgan fingerprint density at radius 3 is 2.54 bits per heavy atom. The van der Waals surface area contributed by atoms with Gasteiger partial charge in [0, 0.05) is 55.5 Å². The second-order valence-electron chi connectivity index (χ2n) is 10.7. The maximum absolute atomic E-state index is 16.8. The number of aromatic nitrogens is 3. The molecule has 4 aromatic rings. The molecule has 2 atom stereocenters. The number of halogens is 3. The predicted octanol–water partition coefficient (Wildman–Crippen LogP) is 4.37. The molecule has 3 N–H and O–H groups in total. The van der Waals surface area contributed by atoms with E-state index in [0.717, 1.165) is 49.9 Å². The van der Waals surface area contributed by atoms with Gasteiger partial charge in [0.2, 0.25) is 0 Å². The third kappa shape index (κ3) is 4.20. The SMILES string of the molecule is CCOc1nc(N2C3CCC2CN(CCCO)C3)c2c3c(c(-c4c(F)cc(F)c5sc(N)nc45)c(F)c2n1)COC3. The first-order valence-electron chi connectivity index (χ1n) is 13.8. The average molecular weight is 587 g/mol. The number of rotatable bonds is 7. The number of ether oxygens (including phenoxy) is 2. The molecule has 2 unspecified atom stereocenters. The summed E-state index contributed by atoms with van der Waals surface area (Å²) in [6, 6.07) is 1.07. The molecule has 2 aromatic heterocycles. The number of hydrogen-bond acceptors (Lipinski definition) is 10. The van der Waals surface area contributed by atoms with Crippen molar-refractivity contribution in [1.82, 2.24) is 19.9 Å². The molecule has 0 saturated carbocycles. The van der Waals surface area contributed by atoms with Crippen LogP contribution < -0.4 is 15.4 Å². The van der Waals surface area contributed by atoms with Gasteiger partial charge in [0.15, 0.2) is 10.9 Å². The maximum Gasteiger partial charge on any atom is 0.319 e. The first-order chi connectivity index (χ1) is 19.9. The smallest absolute Gasteiger partial charge is 0.319 e. The van der Waals surface area contributed by atoms with Gasteiger partial charge in [0.25, 0.3) is 0 Å². The molecule has 41 heavy (non-hydrogen) atoms. The summed E-state index contributed by atoms with van der Waals surface area (Å²) in [5.41, 5.74) is 6.76. The van der Waals surface area contributed by atoms with Crippen molar-refractivity contribution in [2.45, 2.75) is 51.5 Å². The van der Waals surface area contributed by atoms with E-state index in [2.05, 4.69) is 19.8 Å². The van der Waals surface area contributed by atoms with Gasteiger partial charge in [0.1, 0.15) is 23.0 Å². The van der Waals surface area contributed by atoms with Crippen LogP contribution in [0.1, 0.15) is 37.3 Å². The van der Waals surface area contributed by atoms with Gasteiger partial charge >= 0.3 is 6.01 Å². The number of nitrogens with two attached hydrogens (primary N) is 1. The largest absolute Gasteiger partial charge is 0.464 e. The summed E-state index contributed by atoms with van der Waals surface area (Å²) in [4.78, 5) is 18.1. The molecule has 2 bridgehead atoms. The number of anilines is 2. The lowest BCUT2D eigenvalue weighted by molar-refractivity contribution is 0.135. The number of piperazine rings is 1. The summed E-state index contributed by atoms with van der Waals surface area (Å²) in [6.07, 6.45) is 2.62. The lowest BCUT2D eigenvalue weighted by atomic mass is 9.91. The number of nitrogens with zero attached hydrogens (tertiary/aromatic N) is 5. The molecule has 2 aromatic carbocycles. The zero-order chi connectivity index (χ0) is 28.4. The lowest BCUT2D eigenvalue weighted by Crippen LogP contribution is -2.54. The molecule has 0 spiro atoms. The monoisotopic (exact) mass is 586 g/mol. The summed E-state index contributed by atoms with van der Waals surface area (Å²) in [6.45, 7) is 4.85. The summed E-state index contributed by atoms with van der Waals surface area (Å²) in [5.74, 6) is -1.92. The molecule has 5 heterocycles. The van der Waals surface area contributed by atoms with Crippen molar-refractivity contribution in [2.24, 2.45) is 0 Å². The molecule has 13 heteroatoms. The van der Waals surface area contributed by atoms with Crippen molar-refractivity contribution in [2.75, 3.05) is 43.5 Å². The Balaban J connectivity index is 1.47. The fourth-order valence-corrected chi connectivity index (χ4v) is 7.46. The summed E-state index contributed by atoms with van der Waals surface area (Å²) in [7, 11) is 0. The highest BCUT2D eigenvalue weighted by molar-refractivity contribution is 7.22. The van der Waals surface area contributed by atoms with Gasteiger partial charge < -0.3 is 25.2 Å². The Bertz CT molecular complexity index is 1670. The Morgan fingerprint density at radius 1 is 1.05 bits per heavy atom. The van der Waals surface area contributed by atoms with E-state index in [1.165, 1.54) is 0 Å². The van der Waals surface area contributed by atoms with Crippen LogP contribution >= 0.6 is 11.3 Å². The van der Waals surface area contributed by atoms with E-state index < -0.39 is 17.5 Å². The van der Waals surface area contributed by atoms with Gasteiger partial charge in [-0.1, -0.05) is 11.3 Å². The fourth-order valence-electron chi connectivity index (χ4n) is 6.71. The van der Waals surface area contributed by atoms with E-state index in [-0.39, 0.29) is 76.5 Å². The van der Waals surface area contributed by atoms with E-state index >= 15 is 8.78 Å². The van der Waals surface area contributed by atoms with Crippen molar-refractivity contribution >= 4 is 43.4 Å². The molecule has 3 aliphatic rings. The van der Waals surface area contributed by atoms with Crippen LogP contribution in [0.3, 0.4) is 0 Å². The molecular weight excluding hydrogens is 557 g/mol. The van der Waals surface area contributed by atoms with Crippen molar-refractivity contribution < 1.29 is 27.8 Å². The zero-order valence-electron chi connectivity index (χ0n) is 22.4. The number of fused-ring (bicyclic) bond motifs is 6. The second kappa shape index (κ2) is 10.2. The number of nitrogen functional groups attached to an aromatic ring is 1. The third-order valence-corrected chi connectivity index (χ3v) is 9.20. The third-order valence-electron chi connectivity index (χ3n) is 8.31. The molecule has 3 aliphatic heterocycles. The molecule has 9 nitrogen and oxygen atoms in total. The van der Waals surface area contributed by atoms with E-state index in [1.807, 2.05) is 0 Å².